The number of hydrogen-bond acceptors (Lipinski definition) is 7. The highest BCUT2D eigenvalue weighted by Gasteiger charge is 2.51. The van der Waals surface area contributed by atoms with Crippen molar-refractivity contribution in [1.82, 2.24) is 9.55 Å². The van der Waals surface area contributed by atoms with E-state index in [1.54, 1.807) is 6.92 Å². The maximum absolute atomic E-state index is 12.2. The number of nitrogens with zero attached hydrogens (tertiary/aromatic N) is 1. The Morgan fingerprint density at radius 2 is 1.96 bits per heavy atom. The molecule has 1 aliphatic heterocycles. The van der Waals surface area contributed by atoms with Gasteiger partial charge in [0.15, 0.2) is 6.23 Å². The lowest BCUT2D eigenvalue weighted by Gasteiger charge is -2.30. The number of aromatic nitrogens is 2. The highest BCUT2D eigenvalue weighted by Crippen LogP contribution is 2.43. The van der Waals surface area contributed by atoms with Gasteiger partial charge in [-0.3, -0.25) is 18.9 Å². The molecule has 12 heteroatoms. The molecule has 0 amide bonds. The number of nitrogens with one attached hydrogen (secondary N) is 1. The van der Waals surface area contributed by atoms with E-state index < -0.39 is 49.7 Å². The van der Waals surface area contributed by atoms with Crippen LogP contribution in [0.15, 0.2) is 21.9 Å². The average molecular weight is 422 g/mol. The number of rotatable bonds is 9. The van der Waals surface area contributed by atoms with Gasteiger partial charge in [-0.2, -0.15) is 0 Å². The van der Waals surface area contributed by atoms with Gasteiger partial charge >= 0.3 is 13.5 Å². The van der Waals surface area contributed by atoms with E-state index >= 15 is 0 Å². The fourth-order valence-electron chi connectivity index (χ4n) is 3.13. The molecule has 3 N–H and O–H groups in total. The fourth-order valence-corrected chi connectivity index (χ4v) is 3.75. The molecule has 2 rings (SSSR count). The van der Waals surface area contributed by atoms with Crippen molar-refractivity contribution in [3.05, 3.63) is 33.1 Å². The SMILES string of the molecule is CCC(C)OC1C(C(CC)OP(=O)(O)O)OC(n2ccc(=O)[nH]c2=O)C1OC. The van der Waals surface area contributed by atoms with Gasteiger partial charge in [0.05, 0.1) is 12.2 Å². The molecular formula is C16H27N2O9P. The molecule has 1 aromatic heterocycles. The largest absolute Gasteiger partial charge is 0.469 e. The van der Waals surface area contributed by atoms with Crippen LogP contribution in [0.25, 0.3) is 0 Å². The topological polar surface area (TPSA) is 149 Å². The van der Waals surface area contributed by atoms with Crippen LogP contribution < -0.4 is 11.2 Å². The number of ether oxygens (including phenoxy) is 3. The van der Waals surface area contributed by atoms with Crippen molar-refractivity contribution in [3.8, 4) is 0 Å². The Labute approximate surface area is 161 Å². The summed E-state index contributed by atoms with van der Waals surface area (Å²) in [5, 5.41) is 0. The average Bonchev–Trinajstić information content (AvgIpc) is 2.96. The Morgan fingerprint density at radius 1 is 1.29 bits per heavy atom. The summed E-state index contributed by atoms with van der Waals surface area (Å²) in [7, 11) is -3.37. The number of methoxy groups -OCH3 is 1. The molecule has 28 heavy (non-hydrogen) atoms. The van der Waals surface area contributed by atoms with Crippen molar-refractivity contribution >= 4 is 7.82 Å². The van der Waals surface area contributed by atoms with Gasteiger partial charge in [0, 0.05) is 19.4 Å². The van der Waals surface area contributed by atoms with Crippen molar-refractivity contribution in [2.24, 2.45) is 0 Å². The number of aromatic amines is 1. The zero-order valence-electron chi connectivity index (χ0n) is 16.2. The van der Waals surface area contributed by atoms with Gasteiger partial charge in [0.2, 0.25) is 0 Å². The van der Waals surface area contributed by atoms with E-state index in [-0.39, 0.29) is 12.5 Å². The minimum atomic E-state index is -4.79. The summed E-state index contributed by atoms with van der Waals surface area (Å²) in [6.07, 6.45) is -2.48. The predicted molar refractivity (Wildman–Crippen MR) is 97.9 cm³/mol. The second-order valence-corrected chi connectivity index (χ2v) is 7.76. The van der Waals surface area contributed by atoms with Gasteiger partial charge in [0.25, 0.3) is 5.56 Å². The number of phosphoric ester groups is 1. The Bertz CT molecular complexity index is 804. The van der Waals surface area contributed by atoms with E-state index in [1.165, 1.54) is 19.4 Å². The number of phosphoric acid groups is 1. The first-order valence-corrected chi connectivity index (χ1v) is 10.5. The molecule has 6 unspecified atom stereocenters. The summed E-state index contributed by atoms with van der Waals surface area (Å²) in [6.45, 7) is 5.45. The van der Waals surface area contributed by atoms with Crippen LogP contribution in [0.3, 0.4) is 0 Å². The number of H-pyrrole nitrogens is 1. The lowest BCUT2D eigenvalue weighted by Crippen LogP contribution is -2.44. The second kappa shape index (κ2) is 9.45. The quantitative estimate of drug-likeness (QED) is 0.484. The first kappa shape index (κ1) is 23.0. The Balaban J connectivity index is 2.45. The predicted octanol–water partition coefficient (Wildman–Crippen LogP) is 0.521. The van der Waals surface area contributed by atoms with Crippen molar-refractivity contribution < 1.29 is 33.1 Å². The smallest absolute Gasteiger partial charge is 0.374 e. The van der Waals surface area contributed by atoms with Crippen molar-refractivity contribution in [2.45, 2.75) is 70.4 Å². The fraction of sp³-hybridized carbons (Fsp3) is 0.750. The molecule has 160 valence electrons. The molecule has 1 aliphatic rings. The maximum Gasteiger partial charge on any atom is 0.469 e. The van der Waals surface area contributed by atoms with E-state index in [2.05, 4.69) is 4.98 Å². The van der Waals surface area contributed by atoms with Crippen LogP contribution >= 0.6 is 7.82 Å². The zero-order valence-corrected chi connectivity index (χ0v) is 17.1. The van der Waals surface area contributed by atoms with E-state index in [4.69, 9.17) is 18.7 Å². The zero-order chi connectivity index (χ0) is 21.1. The summed E-state index contributed by atoms with van der Waals surface area (Å²) in [5.74, 6) is 0. The van der Waals surface area contributed by atoms with Gasteiger partial charge in [-0.05, 0) is 19.8 Å². The summed E-state index contributed by atoms with van der Waals surface area (Å²) in [4.78, 5) is 44.2. The third kappa shape index (κ3) is 5.38. The van der Waals surface area contributed by atoms with Crippen LogP contribution in [0.4, 0.5) is 0 Å². The van der Waals surface area contributed by atoms with Crippen molar-refractivity contribution in [3.63, 3.8) is 0 Å². The lowest BCUT2D eigenvalue weighted by molar-refractivity contribution is -0.110. The maximum atomic E-state index is 12.2. The molecule has 0 bridgehead atoms. The van der Waals surface area contributed by atoms with Crippen molar-refractivity contribution in [2.75, 3.05) is 7.11 Å². The van der Waals surface area contributed by atoms with Crippen LogP contribution in [-0.2, 0) is 23.3 Å². The Kier molecular flexibility index (Phi) is 7.74. The molecule has 2 heterocycles. The van der Waals surface area contributed by atoms with Gasteiger partial charge in [-0.15, -0.1) is 0 Å². The second-order valence-electron chi connectivity index (χ2n) is 6.57. The first-order valence-electron chi connectivity index (χ1n) is 9.00. The van der Waals surface area contributed by atoms with Crippen molar-refractivity contribution in [1.29, 1.82) is 0 Å². The van der Waals surface area contributed by atoms with E-state index in [9.17, 15) is 23.9 Å². The van der Waals surface area contributed by atoms with Crippen LogP contribution in [-0.4, -0.2) is 57.0 Å². The lowest BCUT2D eigenvalue weighted by atomic mass is 10.0. The molecule has 1 aromatic rings. The highest BCUT2D eigenvalue weighted by atomic mass is 31.2. The third-order valence-corrected chi connectivity index (χ3v) is 5.17. The van der Waals surface area contributed by atoms with Crippen LogP contribution in [0.1, 0.15) is 39.8 Å². The molecule has 0 aromatic carbocycles. The van der Waals surface area contributed by atoms with E-state index in [0.29, 0.717) is 6.42 Å². The van der Waals surface area contributed by atoms with Gasteiger partial charge in [-0.25, -0.2) is 9.36 Å². The molecule has 0 spiro atoms. The Hall–Kier alpha value is -1.33. The minimum Gasteiger partial charge on any atom is -0.374 e. The molecule has 1 fully saturated rings. The van der Waals surface area contributed by atoms with Crippen LogP contribution in [0.2, 0.25) is 0 Å². The third-order valence-electron chi connectivity index (χ3n) is 4.63. The molecule has 0 saturated carbocycles. The van der Waals surface area contributed by atoms with Gasteiger partial charge in [0.1, 0.15) is 18.3 Å². The minimum absolute atomic E-state index is 0.202. The molecule has 6 atom stereocenters. The van der Waals surface area contributed by atoms with E-state index in [1.807, 2.05) is 13.8 Å². The Morgan fingerprint density at radius 3 is 2.46 bits per heavy atom. The first-order chi connectivity index (χ1) is 13.1. The van der Waals surface area contributed by atoms with E-state index in [0.717, 1.165) is 4.57 Å². The summed E-state index contributed by atoms with van der Waals surface area (Å²) in [6, 6.07) is 1.17. The summed E-state index contributed by atoms with van der Waals surface area (Å²) >= 11 is 0. The standard InChI is InChI=1S/C16H27N2O9P/c1-5-9(3)25-13-12(10(6-2)27-28(21,22)23)26-15(14(13)24-4)18-8-7-11(19)17-16(18)20/h7-10,12-15H,5-6H2,1-4H3,(H,17,19,20)(H2,21,22,23). The molecule has 11 nitrogen and oxygen atoms in total. The monoisotopic (exact) mass is 422 g/mol. The highest BCUT2D eigenvalue weighted by molar-refractivity contribution is 7.46. The summed E-state index contributed by atoms with van der Waals surface area (Å²) in [5.41, 5.74) is -1.26. The molecule has 1 saturated heterocycles. The molecule has 0 radical (unpaired) electrons. The molecule has 0 aliphatic carbocycles. The normalized spacial score (nSPS) is 27.6. The van der Waals surface area contributed by atoms with Crippen LogP contribution in [0.5, 0.6) is 0 Å². The van der Waals surface area contributed by atoms with Gasteiger partial charge in [-0.1, -0.05) is 13.8 Å². The summed E-state index contributed by atoms with van der Waals surface area (Å²) < 4.78 is 34.9. The number of hydrogen-bond donors (Lipinski definition) is 3. The van der Waals surface area contributed by atoms with Gasteiger partial charge < -0.3 is 24.0 Å². The van der Waals surface area contributed by atoms with Crippen LogP contribution in [0, 0.1) is 0 Å². The molecular weight excluding hydrogens is 395 g/mol.